The lowest BCUT2D eigenvalue weighted by atomic mass is 9.69. The predicted octanol–water partition coefficient (Wildman–Crippen LogP) is 5.16. The van der Waals surface area contributed by atoms with Crippen LogP contribution in [0.1, 0.15) is 17.5 Å². The van der Waals surface area contributed by atoms with Crippen molar-refractivity contribution < 1.29 is 14.5 Å². The number of rotatable bonds is 4. The first kappa shape index (κ1) is 24.0. The van der Waals surface area contributed by atoms with E-state index in [1.54, 1.807) is 6.07 Å². The van der Waals surface area contributed by atoms with Crippen LogP contribution in [0.15, 0.2) is 126 Å². The highest BCUT2D eigenvalue weighted by molar-refractivity contribution is 6.61. The Balaban J connectivity index is 1.49. The van der Waals surface area contributed by atoms with E-state index in [9.17, 15) is 10.0 Å². The van der Waals surface area contributed by atoms with Gasteiger partial charge in [-0.05, 0) is 30.2 Å². The summed E-state index contributed by atoms with van der Waals surface area (Å²) in [5, 5.41) is 25.6. The molecule has 196 valence electrons. The second-order valence-electron chi connectivity index (χ2n) is 10.8. The van der Waals surface area contributed by atoms with Crippen LogP contribution in [0.25, 0.3) is 50.7 Å². The summed E-state index contributed by atoms with van der Waals surface area (Å²) in [5.74, 6) is 0. The van der Waals surface area contributed by atoms with Crippen molar-refractivity contribution in [3.8, 4) is 5.69 Å². The molecule has 0 radical (unpaired) electrons. The van der Waals surface area contributed by atoms with Crippen LogP contribution in [0.2, 0.25) is 0 Å². The van der Waals surface area contributed by atoms with Crippen molar-refractivity contribution in [2.75, 3.05) is 0 Å². The summed E-state index contributed by atoms with van der Waals surface area (Å²) in [7, 11) is -1.62. The average molecular weight is 531 g/mol. The highest BCUT2D eigenvalue weighted by atomic mass is 16.4. The van der Waals surface area contributed by atoms with Crippen LogP contribution in [0.3, 0.4) is 0 Å². The molecule has 0 saturated carbocycles. The van der Waals surface area contributed by atoms with Crippen molar-refractivity contribution in [3.63, 3.8) is 0 Å². The molecule has 41 heavy (non-hydrogen) atoms. The molecule has 2 aromatic heterocycles. The topological polar surface area (TPSA) is 58.5 Å². The highest BCUT2D eigenvalue weighted by Gasteiger charge is 2.36. The van der Waals surface area contributed by atoms with Crippen LogP contribution < -0.4 is 16.0 Å². The zero-order valence-corrected chi connectivity index (χ0v) is 22.2. The van der Waals surface area contributed by atoms with Gasteiger partial charge in [0.15, 0.2) is 0 Å². The van der Waals surface area contributed by atoms with Gasteiger partial charge in [0.2, 0.25) is 0 Å². The van der Waals surface area contributed by atoms with E-state index in [-0.39, 0.29) is 0 Å². The van der Waals surface area contributed by atoms with Crippen molar-refractivity contribution >= 4 is 57.6 Å². The minimum absolute atomic E-state index is 0.366. The fourth-order valence-corrected chi connectivity index (χ4v) is 6.73. The van der Waals surface area contributed by atoms with E-state index in [2.05, 4.69) is 108 Å². The van der Waals surface area contributed by atoms with Crippen LogP contribution in [0.5, 0.6) is 0 Å². The first-order chi connectivity index (χ1) is 20.2. The number of hydrogen-bond donors (Lipinski definition) is 2. The normalized spacial score (nSPS) is 16.4. The van der Waals surface area contributed by atoms with E-state index in [4.69, 9.17) is 4.42 Å². The van der Waals surface area contributed by atoms with Gasteiger partial charge in [-0.1, -0.05) is 115 Å². The monoisotopic (exact) mass is 531 g/mol. The molecule has 0 aliphatic heterocycles. The lowest BCUT2D eigenvalue weighted by Gasteiger charge is -2.33. The smallest absolute Gasteiger partial charge is 0.456 e. The molecule has 0 amide bonds. The maximum atomic E-state index is 10.1. The Bertz CT molecular complexity index is 2210. The third-order valence-corrected chi connectivity index (χ3v) is 8.58. The molecule has 0 saturated heterocycles. The van der Waals surface area contributed by atoms with Gasteiger partial charge in [-0.25, -0.2) is 0 Å². The van der Waals surface area contributed by atoms with E-state index in [0.717, 1.165) is 34.0 Å². The largest absolute Gasteiger partial charge is 0.492 e. The minimum Gasteiger partial charge on any atom is -0.456 e. The van der Waals surface area contributed by atoms with Gasteiger partial charge in [0.05, 0.1) is 5.52 Å². The molecule has 4 nitrogen and oxygen atoms in total. The molecule has 1 aliphatic carbocycles. The lowest BCUT2D eigenvalue weighted by molar-refractivity contribution is 0.425. The van der Waals surface area contributed by atoms with Gasteiger partial charge in [0, 0.05) is 48.9 Å². The van der Waals surface area contributed by atoms with Gasteiger partial charge in [0.25, 0.3) is 0 Å². The Morgan fingerprint density at radius 3 is 2.10 bits per heavy atom. The number of furan rings is 1. The molecule has 2 heterocycles. The molecular weight excluding hydrogens is 505 g/mol. The highest BCUT2D eigenvalue weighted by Crippen LogP contribution is 2.44. The zero-order valence-electron chi connectivity index (χ0n) is 22.2. The first-order valence-electron chi connectivity index (χ1n) is 13.9. The molecule has 2 N–H and O–H groups in total. The third kappa shape index (κ3) is 3.50. The van der Waals surface area contributed by atoms with Crippen LogP contribution in [-0.2, 0) is 5.41 Å². The Labute approximate surface area is 236 Å². The molecule has 1 atom stereocenters. The van der Waals surface area contributed by atoms with E-state index >= 15 is 0 Å². The molecule has 7 aromatic rings. The van der Waals surface area contributed by atoms with E-state index < -0.39 is 12.5 Å². The quantitative estimate of drug-likeness (QED) is 0.309. The molecule has 1 aliphatic rings. The van der Waals surface area contributed by atoms with Crippen molar-refractivity contribution in [1.29, 1.82) is 0 Å². The van der Waals surface area contributed by atoms with Crippen LogP contribution in [-0.4, -0.2) is 21.7 Å². The second kappa shape index (κ2) is 9.10. The standard InChI is InChI=1S/C36H26BNO3/c39-37(40)31-19-10-17-28-27-16-9-18-30(34(27)41-35(28)31)36(24-11-3-1-4-12-24)22-21-33-29(23-36)26-15-7-8-20-32(26)38(33)25-13-5-2-6-14-25/h1-21,23,39-40H,22H2. The summed E-state index contributed by atoms with van der Waals surface area (Å²) in [6.45, 7) is 0. The van der Waals surface area contributed by atoms with Crippen molar-refractivity contribution in [1.82, 2.24) is 4.57 Å². The fraction of sp³-hybridized carbons (Fsp3) is 0.0556. The van der Waals surface area contributed by atoms with Crippen molar-refractivity contribution in [2.24, 2.45) is 0 Å². The van der Waals surface area contributed by atoms with Crippen molar-refractivity contribution in [3.05, 3.63) is 143 Å². The first-order valence-corrected chi connectivity index (χ1v) is 13.9. The SMILES string of the molecule is OB(O)c1cccc2c1oc1c(C3(c4ccccc4)C=c4c(n(-c5ccccc5)c5ccccc45)=CC3)cccc12. The van der Waals surface area contributed by atoms with E-state index in [1.807, 2.05) is 24.3 Å². The number of aromatic nitrogens is 1. The summed E-state index contributed by atoms with van der Waals surface area (Å²) in [4.78, 5) is 0. The summed E-state index contributed by atoms with van der Waals surface area (Å²) >= 11 is 0. The summed E-state index contributed by atoms with van der Waals surface area (Å²) < 4.78 is 8.92. The van der Waals surface area contributed by atoms with Crippen molar-refractivity contribution in [2.45, 2.75) is 11.8 Å². The van der Waals surface area contributed by atoms with Gasteiger partial charge in [-0.2, -0.15) is 0 Å². The average Bonchev–Trinajstić information content (AvgIpc) is 3.57. The van der Waals surface area contributed by atoms with E-state index in [0.29, 0.717) is 11.0 Å². The Morgan fingerprint density at radius 2 is 1.32 bits per heavy atom. The molecule has 0 fully saturated rings. The van der Waals surface area contributed by atoms with Crippen LogP contribution in [0, 0.1) is 0 Å². The maximum Gasteiger partial charge on any atom is 0.492 e. The lowest BCUT2D eigenvalue weighted by Crippen LogP contribution is -2.39. The number of nitrogens with zero attached hydrogens (tertiary/aromatic N) is 1. The number of hydrogen-bond acceptors (Lipinski definition) is 3. The molecule has 0 bridgehead atoms. The van der Waals surface area contributed by atoms with Gasteiger partial charge in [-0.15, -0.1) is 0 Å². The predicted molar refractivity (Wildman–Crippen MR) is 167 cm³/mol. The van der Waals surface area contributed by atoms with Crippen LogP contribution >= 0.6 is 0 Å². The summed E-state index contributed by atoms with van der Waals surface area (Å²) in [6, 6.07) is 41.5. The zero-order chi connectivity index (χ0) is 27.6. The molecule has 5 aromatic carbocycles. The van der Waals surface area contributed by atoms with Gasteiger partial charge in [-0.3, -0.25) is 0 Å². The number of fused-ring (bicyclic) bond motifs is 6. The molecule has 8 rings (SSSR count). The second-order valence-corrected chi connectivity index (χ2v) is 10.8. The number of para-hydroxylation sites is 4. The number of benzene rings is 5. The summed E-state index contributed by atoms with van der Waals surface area (Å²) in [5.41, 5.74) is 5.66. The van der Waals surface area contributed by atoms with E-state index in [1.165, 1.54) is 27.0 Å². The molecule has 5 heteroatoms. The molecule has 0 spiro atoms. The van der Waals surface area contributed by atoms with Crippen LogP contribution in [0.4, 0.5) is 0 Å². The molecular formula is C36H26BNO3. The molecule has 1 unspecified atom stereocenters. The summed E-state index contributed by atoms with van der Waals surface area (Å²) in [6.07, 6.45) is 5.52. The fourth-order valence-electron chi connectivity index (χ4n) is 6.73. The van der Waals surface area contributed by atoms with Gasteiger partial charge >= 0.3 is 7.12 Å². The Morgan fingerprint density at radius 1 is 0.659 bits per heavy atom. The minimum atomic E-state index is -1.62. The maximum absolute atomic E-state index is 10.1. The third-order valence-electron chi connectivity index (χ3n) is 8.58. The van der Waals surface area contributed by atoms with Gasteiger partial charge in [0.1, 0.15) is 11.2 Å². The Kier molecular flexibility index (Phi) is 5.33. The van der Waals surface area contributed by atoms with Gasteiger partial charge < -0.3 is 19.0 Å². The Hall–Kier alpha value is -4.84.